The molecule has 0 fully saturated rings. The number of benzene rings is 2. The predicted octanol–water partition coefficient (Wildman–Crippen LogP) is 4.99. The topological polar surface area (TPSA) is 12.0 Å². The molecule has 0 amide bonds. The van der Waals surface area contributed by atoms with Crippen LogP contribution in [-0.4, -0.2) is 7.05 Å². The van der Waals surface area contributed by atoms with Crippen molar-refractivity contribution in [1.82, 2.24) is 5.32 Å². The summed E-state index contributed by atoms with van der Waals surface area (Å²) in [5.74, 6) is 0.591. The van der Waals surface area contributed by atoms with E-state index in [9.17, 15) is 0 Å². The van der Waals surface area contributed by atoms with E-state index < -0.39 is 0 Å². The molecule has 0 atom stereocenters. The fourth-order valence-corrected chi connectivity index (χ4v) is 3.11. The summed E-state index contributed by atoms with van der Waals surface area (Å²) >= 11 is 1.84. The molecule has 1 N–H and O–H groups in total. The zero-order valence-corrected chi connectivity index (χ0v) is 13.6. The number of hydrogen-bond donors (Lipinski definition) is 1. The minimum Gasteiger partial charge on any atom is -0.316 e. The first-order valence-electron chi connectivity index (χ1n) is 7.12. The quantitative estimate of drug-likeness (QED) is 0.830. The maximum atomic E-state index is 3.25. The van der Waals surface area contributed by atoms with Crippen LogP contribution in [0.1, 0.15) is 36.5 Å². The molecular formula is C18H23NS. The van der Waals surface area contributed by atoms with Gasteiger partial charge in [0, 0.05) is 16.3 Å². The lowest BCUT2D eigenvalue weighted by atomic mass is 10.0. The van der Waals surface area contributed by atoms with Gasteiger partial charge >= 0.3 is 0 Å². The SMILES string of the molecule is CNCc1cc(C)ccc1Sc1ccc(C(C)C)cc1. The van der Waals surface area contributed by atoms with Gasteiger partial charge in [-0.25, -0.2) is 0 Å². The minimum atomic E-state index is 0.591. The number of rotatable bonds is 5. The second-order valence-corrected chi connectivity index (χ2v) is 6.58. The first-order valence-corrected chi connectivity index (χ1v) is 7.93. The van der Waals surface area contributed by atoms with Crippen molar-refractivity contribution in [2.75, 3.05) is 7.05 Å². The van der Waals surface area contributed by atoms with Gasteiger partial charge in [0.05, 0.1) is 0 Å². The molecule has 0 bridgehead atoms. The van der Waals surface area contributed by atoms with Crippen LogP contribution < -0.4 is 5.32 Å². The third kappa shape index (κ3) is 3.87. The summed E-state index contributed by atoms with van der Waals surface area (Å²) in [6.07, 6.45) is 0. The summed E-state index contributed by atoms with van der Waals surface area (Å²) in [6, 6.07) is 15.6. The van der Waals surface area contributed by atoms with Gasteiger partial charge in [0.15, 0.2) is 0 Å². The van der Waals surface area contributed by atoms with E-state index in [0.29, 0.717) is 5.92 Å². The Hall–Kier alpha value is -1.25. The highest BCUT2D eigenvalue weighted by atomic mass is 32.2. The van der Waals surface area contributed by atoms with Crippen molar-refractivity contribution >= 4 is 11.8 Å². The summed E-state index contributed by atoms with van der Waals surface area (Å²) in [5.41, 5.74) is 4.08. The summed E-state index contributed by atoms with van der Waals surface area (Å²) in [7, 11) is 1.99. The molecule has 0 aliphatic carbocycles. The normalized spacial score (nSPS) is 11.1. The van der Waals surface area contributed by atoms with Gasteiger partial charge in [-0.3, -0.25) is 0 Å². The van der Waals surface area contributed by atoms with Crippen LogP contribution >= 0.6 is 11.8 Å². The van der Waals surface area contributed by atoms with Crippen molar-refractivity contribution in [2.45, 2.75) is 43.0 Å². The van der Waals surface area contributed by atoms with Crippen LogP contribution in [0, 0.1) is 6.92 Å². The molecule has 20 heavy (non-hydrogen) atoms. The molecule has 2 aromatic rings. The summed E-state index contributed by atoms with van der Waals surface area (Å²) < 4.78 is 0. The van der Waals surface area contributed by atoms with E-state index in [4.69, 9.17) is 0 Å². The Bertz CT molecular complexity index is 558. The zero-order valence-electron chi connectivity index (χ0n) is 12.7. The summed E-state index contributed by atoms with van der Waals surface area (Å²) in [4.78, 5) is 2.64. The van der Waals surface area contributed by atoms with Crippen LogP contribution in [0.15, 0.2) is 52.3 Å². The third-order valence-electron chi connectivity index (χ3n) is 3.36. The van der Waals surface area contributed by atoms with Gasteiger partial charge in [0.2, 0.25) is 0 Å². The van der Waals surface area contributed by atoms with Gasteiger partial charge in [-0.05, 0) is 49.2 Å². The maximum absolute atomic E-state index is 3.25. The molecule has 2 aromatic carbocycles. The minimum absolute atomic E-state index is 0.591. The van der Waals surface area contributed by atoms with Crippen LogP contribution in [0.25, 0.3) is 0 Å². The van der Waals surface area contributed by atoms with Gasteiger partial charge in [0.25, 0.3) is 0 Å². The Morgan fingerprint density at radius 2 is 1.75 bits per heavy atom. The van der Waals surface area contributed by atoms with E-state index in [-0.39, 0.29) is 0 Å². The summed E-state index contributed by atoms with van der Waals surface area (Å²) in [5, 5.41) is 3.25. The Kier molecular flexibility index (Phi) is 5.27. The summed E-state index contributed by atoms with van der Waals surface area (Å²) in [6.45, 7) is 7.51. The Balaban J connectivity index is 2.20. The molecular weight excluding hydrogens is 262 g/mol. The number of hydrogen-bond acceptors (Lipinski definition) is 2. The molecule has 106 valence electrons. The third-order valence-corrected chi connectivity index (χ3v) is 4.48. The fourth-order valence-electron chi connectivity index (χ4n) is 2.18. The molecule has 0 heterocycles. The lowest BCUT2D eigenvalue weighted by Crippen LogP contribution is -2.06. The van der Waals surface area contributed by atoms with Crippen LogP contribution in [0.5, 0.6) is 0 Å². The number of aryl methyl sites for hydroxylation is 1. The zero-order chi connectivity index (χ0) is 14.5. The molecule has 2 heteroatoms. The second-order valence-electron chi connectivity index (χ2n) is 5.47. The standard InChI is InChI=1S/C18H23NS/c1-13(2)15-6-8-17(9-7-15)20-18-10-5-14(3)11-16(18)12-19-4/h5-11,13,19H,12H2,1-4H3. The average Bonchev–Trinajstić information content (AvgIpc) is 2.43. The predicted molar refractivity (Wildman–Crippen MR) is 88.6 cm³/mol. The Labute approximate surface area is 126 Å². The Morgan fingerprint density at radius 1 is 1.05 bits per heavy atom. The molecule has 0 aromatic heterocycles. The monoisotopic (exact) mass is 285 g/mol. The first-order chi connectivity index (χ1) is 9.60. The van der Waals surface area contributed by atoms with E-state index in [1.807, 2.05) is 18.8 Å². The van der Waals surface area contributed by atoms with Crippen molar-refractivity contribution in [3.63, 3.8) is 0 Å². The molecule has 0 unspecified atom stereocenters. The van der Waals surface area contributed by atoms with Crippen molar-refractivity contribution in [1.29, 1.82) is 0 Å². The molecule has 0 aliphatic rings. The first kappa shape index (κ1) is 15.1. The van der Waals surface area contributed by atoms with E-state index in [1.165, 1.54) is 26.5 Å². The van der Waals surface area contributed by atoms with Gasteiger partial charge in [0.1, 0.15) is 0 Å². The molecule has 1 nitrogen and oxygen atoms in total. The van der Waals surface area contributed by atoms with Crippen LogP contribution in [-0.2, 0) is 6.54 Å². The van der Waals surface area contributed by atoms with E-state index in [1.54, 1.807) is 0 Å². The van der Waals surface area contributed by atoms with Crippen molar-refractivity contribution in [3.05, 3.63) is 59.2 Å². The van der Waals surface area contributed by atoms with Gasteiger partial charge < -0.3 is 5.32 Å². The molecule has 0 spiro atoms. The highest BCUT2D eigenvalue weighted by Crippen LogP contribution is 2.32. The Morgan fingerprint density at radius 3 is 2.35 bits per heavy atom. The lowest BCUT2D eigenvalue weighted by Gasteiger charge is -2.11. The van der Waals surface area contributed by atoms with E-state index >= 15 is 0 Å². The van der Waals surface area contributed by atoms with Crippen molar-refractivity contribution < 1.29 is 0 Å². The van der Waals surface area contributed by atoms with Gasteiger partial charge in [-0.15, -0.1) is 0 Å². The fraction of sp³-hybridized carbons (Fsp3) is 0.333. The van der Waals surface area contributed by atoms with E-state index in [0.717, 1.165) is 6.54 Å². The second kappa shape index (κ2) is 6.96. The highest BCUT2D eigenvalue weighted by Gasteiger charge is 2.05. The van der Waals surface area contributed by atoms with Gasteiger partial charge in [-0.1, -0.05) is 55.4 Å². The van der Waals surface area contributed by atoms with Crippen molar-refractivity contribution in [3.8, 4) is 0 Å². The number of nitrogens with one attached hydrogen (secondary N) is 1. The molecule has 0 radical (unpaired) electrons. The van der Waals surface area contributed by atoms with Crippen molar-refractivity contribution in [2.24, 2.45) is 0 Å². The van der Waals surface area contributed by atoms with Crippen LogP contribution in [0.4, 0.5) is 0 Å². The lowest BCUT2D eigenvalue weighted by molar-refractivity contribution is 0.802. The van der Waals surface area contributed by atoms with E-state index in [2.05, 4.69) is 68.6 Å². The van der Waals surface area contributed by atoms with Crippen LogP contribution in [0.2, 0.25) is 0 Å². The van der Waals surface area contributed by atoms with Crippen LogP contribution in [0.3, 0.4) is 0 Å². The highest BCUT2D eigenvalue weighted by molar-refractivity contribution is 7.99. The maximum Gasteiger partial charge on any atom is 0.0213 e. The molecule has 2 rings (SSSR count). The molecule has 0 saturated carbocycles. The molecule has 0 saturated heterocycles. The smallest absolute Gasteiger partial charge is 0.0213 e. The van der Waals surface area contributed by atoms with Gasteiger partial charge in [-0.2, -0.15) is 0 Å². The largest absolute Gasteiger partial charge is 0.316 e. The molecule has 0 aliphatic heterocycles. The average molecular weight is 285 g/mol.